The molecule has 2 aliphatic carbocycles. The number of hydrogen-bond donors (Lipinski definition) is 0. The van der Waals surface area contributed by atoms with E-state index >= 15 is 0 Å². The maximum Gasteiger partial charge on any atom is 0.210 e. The molecule has 0 bridgehead atoms. The predicted molar refractivity (Wildman–Crippen MR) is 83.8 cm³/mol. The molecule has 1 amide bonds. The number of allylic oxidation sites excluding steroid dienone is 2. The van der Waals surface area contributed by atoms with Crippen LogP contribution in [0.5, 0.6) is 0 Å². The smallest absolute Gasteiger partial charge is 0.210 e. The van der Waals surface area contributed by atoms with Gasteiger partial charge in [0.25, 0.3) is 0 Å². The van der Waals surface area contributed by atoms with E-state index in [9.17, 15) is 9.59 Å². The Morgan fingerprint density at radius 1 is 1.29 bits per heavy atom. The van der Waals surface area contributed by atoms with Crippen molar-refractivity contribution >= 4 is 24.3 Å². The third kappa shape index (κ3) is 2.82. The maximum absolute atomic E-state index is 12.1. The fraction of sp³-hybridized carbons (Fsp3) is 0.333. The summed E-state index contributed by atoms with van der Waals surface area (Å²) in [6, 6.07) is 4.38. The van der Waals surface area contributed by atoms with Gasteiger partial charge in [0.05, 0.1) is 0 Å². The van der Waals surface area contributed by atoms with Gasteiger partial charge in [0.2, 0.25) is 6.41 Å². The van der Waals surface area contributed by atoms with Gasteiger partial charge in [-0.2, -0.15) is 0 Å². The first-order chi connectivity index (χ1) is 10.2. The van der Waals surface area contributed by atoms with Crippen LogP contribution in [0.4, 0.5) is 0 Å². The Labute approximate surface area is 125 Å². The minimum Gasteiger partial charge on any atom is -0.338 e. The standard InChI is InChI=1S/C18H19NO2/c1-13(21)18-15(11-19(12-20)16-9-10-16)8-7-14-5-3-2-4-6-17(14)18/h3-8,12,16H,2,9-11H2,1H3. The highest BCUT2D eigenvalue weighted by molar-refractivity contribution is 6.00. The highest BCUT2D eigenvalue weighted by atomic mass is 16.1. The monoisotopic (exact) mass is 281 g/mol. The van der Waals surface area contributed by atoms with Gasteiger partial charge in [-0.3, -0.25) is 9.59 Å². The van der Waals surface area contributed by atoms with Crippen LogP contribution >= 0.6 is 0 Å². The van der Waals surface area contributed by atoms with Crippen molar-refractivity contribution in [3.8, 4) is 0 Å². The van der Waals surface area contributed by atoms with E-state index in [-0.39, 0.29) is 5.78 Å². The molecule has 0 unspecified atom stereocenters. The lowest BCUT2D eigenvalue weighted by molar-refractivity contribution is -0.119. The van der Waals surface area contributed by atoms with Gasteiger partial charge in [0.15, 0.2) is 5.78 Å². The minimum atomic E-state index is 0.0587. The lowest BCUT2D eigenvalue weighted by Gasteiger charge is -2.20. The number of fused-ring (bicyclic) bond motifs is 1. The molecule has 3 heteroatoms. The highest BCUT2D eigenvalue weighted by Gasteiger charge is 2.29. The normalized spacial score (nSPS) is 16.2. The van der Waals surface area contributed by atoms with Crippen LogP contribution in [-0.4, -0.2) is 23.1 Å². The molecule has 1 fully saturated rings. The summed E-state index contributed by atoms with van der Waals surface area (Å²) < 4.78 is 0. The van der Waals surface area contributed by atoms with Gasteiger partial charge in [0, 0.05) is 18.2 Å². The third-order valence-electron chi connectivity index (χ3n) is 4.08. The summed E-state index contributed by atoms with van der Waals surface area (Å²) in [5.74, 6) is 0.0587. The van der Waals surface area contributed by atoms with Crippen molar-refractivity contribution in [2.75, 3.05) is 0 Å². The van der Waals surface area contributed by atoms with E-state index in [1.807, 2.05) is 23.1 Å². The third-order valence-corrected chi connectivity index (χ3v) is 4.08. The number of amides is 1. The summed E-state index contributed by atoms with van der Waals surface area (Å²) in [5.41, 5.74) is 3.75. The molecule has 3 rings (SSSR count). The number of nitrogens with zero attached hydrogens (tertiary/aromatic N) is 1. The first-order valence-electron chi connectivity index (χ1n) is 7.41. The SMILES string of the molecule is CC(=O)c1c(CN(C=O)C2CC2)ccc2c1C=CCC=C2. The van der Waals surface area contributed by atoms with Crippen molar-refractivity contribution in [1.29, 1.82) is 0 Å². The number of carbonyl (C=O) groups is 2. The Bertz CT molecular complexity index is 639. The Morgan fingerprint density at radius 3 is 2.71 bits per heavy atom. The predicted octanol–water partition coefficient (Wildman–Crippen LogP) is 3.44. The largest absolute Gasteiger partial charge is 0.338 e. The van der Waals surface area contributed by atoms with Gasteiger partial charge in [-0.1, -0.05) is 36.4 Å². The Kier molecular flexibility index (Phi) is 3.74. The molecule has 0 radical (unpaired) electrons. The van der Waals surface area contributed by atoms with Gasteiger partial charge in [-0.15, -0.1) is 0 Å². The Balaban J connectivity index is 2.04. The second kappa shape index (κ2) is 5.68. The average molecular weight is 281 g/mol. The molecule has 0 N–H and O–H groups in total. The number of ketones is 1. The minimum absolute atomic E-state index is 0.0587. The maximum atomic E-state index is 12.1. The number of rotatable bonds is 5. The number of hydrogen-bond acceptors (Lipinski definition) is 2. The summed E-state index contributed by atoms with van der Waals surface area (Å²) in [7, 11) is 0. The molecule has 0 aromatic heterocycles. The Morgan fingerprint density at radius 2 is 2.05 bits per heavy atom. The van der Waals surface area contributed by atoms with Gasteiger partial charge in [0.1, 0.15) is 0 Å². The number of benzene rings is 1. The molecular weight excluding hydrogens is 262 g/mol. The average Bonchev–Trinajstić information content (AvgIpc) is 3.30. The van der Waals surface area contributed by atoms with Crippen molar-refractivity contribution in [3.63, 3.8) is 0 Å². The zero-order valence-corrected chi connectivity index (χ0v) is 12.2. The van der Waals surface area contributed by atoms with Crippen LogP contribution in [0.2, 0.25) is 0 Å². The summed E-state index contributed by atoms with van der Waals surface area (Å²) in [4.78, 5) is 25.2. The second-order valence-corrected chi connectivity index (χ2v) is 5.71. The lowest BCUT2D eigenvalue weighted by Crippen LogP contribution is -2.25. The molecule has 0 heterocycles. The topological polar surface area (TPSA) is 37.4 Å². The van der Waals surface area contributed by atoms with Crippen LogP contribution in [0, 0.1) is 0 Å². The molecule has 0 aliphatic heterocycles. The zero-order valence-electron chi connectivity index (χ0n) is 12.2. The van der Waals surface area contributed by atoms with E-state index < -0.39 is 0 Å². The summed E-state index contributed by atoms with van der Waals surface area (Å²) in [5, 5.41) is 0. The number of Topliss-reactive ketones (excluding diaryl/α,β-unsaturated/α-hetero) is 1. The lowest BCUT2D eigenvalue weighted by atomic mass is 9.93. The van der Waals surface area contributed by atoms with Crippen LogP contribution in [0.15, 0.2) is 24.3 Å². The number of carbonyl (C=O) groups excluding carboxylic acids is 2. The molecule has 1 saturated carbocycles. The van der Waals surface area contributed by atoms with Crippen LogP contribution in [0.3, 0.4) is 0 Å². The first kappa shape index (κ1) is 13.8. The zero-order chi connectivity index (χ0) is 14.8. The van der Waals surface area contributed by atoms with E-state index in [1.54, 1.807) is 6.92 Å². The molecular formula is C18H19NO2. The molecule has 0 atom stereocenters. The quantitative estimate of drug-likeness (QED) is 0.612. The van der Waals surface area contributed by atoms with E-state index in [2.05, 4.69) is 18.2 Å². The Hall–Kier alpha value is -2.16. The summed E-state index contributed by atoms with van der Waals surface area (Å²) >= 11 is 0. The van der Waals surface area contributed by atoms with E-state index in [1.165, 1.54) is 0 Å². The van der Waals surface area contributed by atoms with E-state index in [0.29, 0.717) is 12.6 Å². The molecule has 1 aromatic carbocycles. The summed E-state index contributed by atoms with van der Waals surface area (Å²) in [6.07, 6.45) is 12.2. The van der Waals surface area contributed by atoms with Crippen molar-refractivity contribution in [2.24, 2.45) is 0 Å². The molecule has 21 heavy (non-hydrogen) atoms. The van der Waals surface area contributed by atoms with Crippen LogP contribution in [0.25, 0.3) is 12.2 Å². The van der Waals surface area contributed by atoms with Crippen LogP contribution < -0.4 is 0 Å². The molecule has 0 saturated heterocycles. The summed E-state index contributed by atoms with van der Waals surface area (Å²) in [6.45, 7) is 2.12. The highest BCUT2D eigenvalue weighted by Crippen LogP contribution is 2.30. The van der Waals surface area contributed by atoms with Gasteiger partial charge < -0.3 is 4.90 Å². The van der Waals surface area contributed by atoms with E-state index in [0.717, 1.165) is 47.9 Å². The first-order valence-corrected chi connectivity index (χ1v) is 7.41. The molecule has 1 aromatic rings. The molecule has 3 nitrogen and oxygen atoms in total. The van der Waals surface area contributed by atoms with Crippen molar-refractivity contribution < 1.29 is 9.59 Å². The van der Waals surface area contributed by atoms with Gasteiger partial charge in [-0.25, -0.2) is 0 Å². The van der Waals surface area contributed by atoms with Crippen LogP contribution in [-0.2, 0) is 11.3 Å². The second-order valence-electron chi connectivity index (χ2n) is 5.71. The van der Waals surface area contributed by atoms with Gasteiger partial charge >= 0.3 is 0 Å². The van der Waals surface area contributed by atoms with Gasteiger partial charge in [-0.05, 0) is 42.9 Å². The molecule has 2 aliphatic rings. The molecule has 0 spiro atoms. The fourth-order valence-electron chi connectivity index (χ4n) is 2.87. The van der Waals surface area contributed by atoms with Crippen molar-refractivity contribution in [2.45, 2.75) is 38.8 Å². The van der Waals surface area contributed by atoms with Crippen molar-refractivity contribution in [3.05, 3.63) is 46.5 Å². The van der Waals surface area contributed by atoms with Crippen molar-refractivity contribution in [1.82, 2.24) is 4.90 Å². The van der Waals surface area contributed by atoms with E-state index in [4.69, 9.17) is 0 Å². The fourth-order valence-corrected chi connectivity index (χ4v) is 2.87. The van der Waals surface area contributed by atoms with Crippen LogP contribution in [0.1, 0.15) is 53.2 Å². The molecule has 108 valence electrons.